The lowest BCUT2D eigenvalue weighted by Gasteiger charge is -2.40. The van der Waals surface area contributed by atoms with Crippen LogP contribution in [0.4, 0.5) is 5.69 Å². The summed E-state index contributed by atoms with van der Waals surface area (Å²) < 4.78 is 26.1. The van der Waals surface area contributed by atoms with Gasteiger partial charge in [0.1, 0.15) is 0 Å². The lowest BCUT2D eigenvalue weighted by Crippen LogP contribution is -2.42. The van der Waals surface area contributed by atoms with Crippen molar-refractivity contribution in [1.82, 2.24) is 4.90 Å². The third-order valence-corrected chi connectivity index (χ3v) is 5.32. The lowest BCUT2D eigenvalue weighted by atomic mass is 9.78. The van der Waals surface area contributed by atoms with Crippen LogP contribution >= 0.6 is 0 Å². The molecule has 0 heterocycles. The molecule has 0 fully saturated rings. The number of anilines is 1. The smallest absolute Gasteiger partial charge is 0.229 e. The summed E-state index contributed by atoms with van der Waals surface area (Å²) in [5.74, 6) is 0.335. The van der Waals surface area contributed by atoms with Crippen LogP contribution in [0.15, 0.2) is 18.2 Å². The van der Waals surface area contributed by atoms with Crippen LogP contribution in [0.5, 0.6) is 0 Å². The average Bonchev–Trinajstić information content (AvgIpc) is 2.46. The van der Waals surface area contributed by atoms with Gasteiger partial charge in [-0.1, -0.05) is 32.9 Å². The minimum Gasteiger partial charge on any atom is -0.300 e. The van der Waals surface area contributed by atoms with Crippen LogP contribution in [0.1, 0.15) is 57.1 Å². The van der Waals surface area contributed by atoms with Gasteiger partial charge in [0, 0.05) is 6.04 Å². The Morgan fingerprint density at radius 3 is 2.43 bits per heavy atom. The van der Waals surface area contributed by atoms with Gasteiger partial charge in [0.2, 0.25) is 10.0 Å². The second-order valence-electron chi connectivity index (χ2n) is 6.68. The molecule has 0 saturated heterocycles. The van der Waals surface area contributed by atoms with Gasteiger partial charge in [-0.25, -0.2) is 8.42 Å². The third kappa shape index (κ3) is 4.48. The molecule has 0 spiro atoms. The molecule has 0 amide bonds. The third-order valence-electron chi connectivity index (χ3n) is 4.72. The summed E-state index contributed by atoms with van der Waals surface area (Å²) in [6.45, 7) is 8.91. The van der Waals surface area contributed by atoms with Crippen LogP contribution in [-0.2, 0) is 16.4 Å². The Balaban J connectivity index is 2.35. The van der Waals surface area contributed by atoms with Crippen LogP contribution in [0.25, 0.3) is 0 Å². The Hall–Kier alpha value is -1.07. The average molecular weight is 339 g/mol. The topological polar surface area (TPSA) is 49.4 Å². The lowest BCUT2D eigenvalue weighted by molar-refractivity contribution is 0.159. The van der Waals surface area contributed by atoms with Crippen LogP contribution in [-0.4, -0.2) is 38.7 Å². The number of hydrogen-bond donors (Lipinski definition) is 1. The van der Waals surface area contributed by atoms with Gasteiger partial charge in [0.15, 0.2) is 0 Å². The van der Waals surface area contributed by atoms with E-state index in [4.69, 9.17) is 0 Å². The van der Waals surface area contributed by atoms with Crippen LogP contribution in [0, 0.1) is 0 Å². The molecule has 1 aliphatic carbocycles. The molecule has 1 aliphatic rings. The fourth-order valence-corrected chi connectivity index (χ4v) is 4.50. The van der Waals surface area contributed by atoms with Gasteiger partial charge in [-0.05, 0) is 61.9 Å². The standard InChI is InChI=1S/C18H30N2O2S/c1-5-12-20(13-6-2)17-11-10-15-8-7-9-16(18(15)14(17)3)19-23(4,21)22/h7-9,14,17,19H,5-6,10-13H2,1-4H3. The van der Waals surface area contributed by atoms with Crippen molar-refractivity contribution in [2.45, 2.75) is 58.4 Å². The molecule has 0 aliphatic heterocycles. The highest BCUT2D eigenvalue weighted by atomic mass is 32.2. The minimum absolute atomic E-state index is 0.335. The Labute approximate surface area is 141 Å². The molecule has 5 heteroatoms. The zero-order chi connectivity index (χ0) is 17.0. The van der Waals surface area contributed by atoms with Crippen LogP contribution < -0.4 is 4.72 Å². The molecule has 130 valence electrons. The first kappa shape index (κ1) is 18.3. The van der Waals surface area contributed by atoms with Crippen molar-refractivity contribution in [2.24, 2.45) is 0 Å². The van der Waals surface area contributed by atoms with E-state index in [9.17, 15) is 8.42 Å². The summed E-state index contributed by atoms with van der Waals surface area (Å²) in [7, 11) is -3.26. The molecule has 1 aromatic carbocycles. The Kier molecular flexibility index (Phi) is 6.09. The molecule has 0 bridgehead atoms. The van der Waals surface area contributed by atoms with Crippen LogP contribution in [0.3, 0.4) is 0 Å². The van der Waals surface area contributed by atoms with Crippen molar-refractivity contribution >= 4 is 15.7 Å². The van der Waals surface area contributed by atoms with Crippen molar-refractivity contribution in [3.8, 4) is 0 Å². The molecular weight excluding hydrogens is 308 g/mol. The predicted molar refractivity (Wildman–Crippen MR) is 97.6 cm³/mol. The molecular formula is C18H30N2O2S. The summed E-state index contributed by atoms with van der Waals surface area (Å²) >= 11 is 0. The van der Waals surface area contributed by atoms with Gasteiger partial charge in [0.25, 0.3) is 0 Å². The molecule has 4 nitrogen and oxygen atoms in total. The molecule has 0 aromatic heterocycles. The van der Waals surface area contributed by atoms with E-state index in [0.29, 0.717) is 12.0 Å². The maximum Gasteiger partial charge on any atom is 0.229 e. The van der Waals surface area contributed by atoms with Gasteiger partial charge in [-0.3, -0.25) is 9.62 Å². The van der Waals surface area contributed by atoms with E-state index in [-0.39, 0.29) is 0 Å². The molecule has 0 radical (unpaired) electrons. The number of nitrogens with one attached hydrogen (secondary N) is 1. The van der Waals surface area contributed by atoms with Crippen molar-refractivity contribution in [1.29, 1.82) is 0 Å². The molecule has 2 rings (SSSR count). The van der Waals surface area contributed by atoms with E-state index in [0.717, 1.165) is 44.5 Å². The van der Waals surface area contributed by atoms with Gasteiger partial charge >= 0.3 is 0 Å². The second-order valence-corrected chi connectivity index (χ2v) is 8.43. The fourth-order valence-electron chi connectivity index (χ4n) is 3.92. The van der Waals surface area contributed by atoms with Crippen molar-refractivity contribution in [3.05, 3.63) is 29.3 Å². The molecule has 1 N–H and O–H groups in total. The first-order valence-corrected chi connectivity index (χ1v) is 10.6. The van der Waals surface area contributed by atoms with E-state index in [1.807, 2.05) is 12.1 Å². The number of fused-ring (bicyclic) bond motifs is 1. The predicted octanol–water partition coefficient (Wildman–Crippen LogP) is 3.60. The highest BCUT2D eigenvalue weighted by Crippen LogP contribution is 2.39. The number of benzene rings is 1. The zero-order valence-corrected chi connectivity index (χ0v) is 15.6. The SMILES string of the molecule is CCCN(CCC)C1CCc2cccc(NS(C)(=O)=O)c2C1C. The maximum atomic E-state index is 11.7. The van der Waals surface area contributed by atoms with E-state index in [1.54, 1.807) is 0 Å². The Morgan fingerprint density at radius 2 is 1.87 bits per heavy atom. The van der Waals surface area contributed by atoms with Gasteiger partial charge in [-0.2, -0.15) is 0 Å². The second kappa shape index (κ2) is 7.67. The van der Waals surface area contributed by atoms with E-state index in [2.05, 4.69) is 36.5 Å². The largest absolute Gasteiger partial charge is 0.300 e. The molecule has 0 saturated carbocycles. The summed E-state index contributed by atoms with van der Waals surface area (Å²) in [5, 5.41) is 0. The normalized spacial score (nSPS) is 21.3. The quantitative estimate of drug-likeness (QED) is 0.826. The fraction of sp³-hybridized carbons (Fsp3) is 0.667. The highest BCUT2D eigenvalue weighted by molar-refractivity contribution is 7.92. The zero-order valence-electron chi connectivity index (χ0n) is 14.8. The molecule has 1 aromatic rings. The van der Waals surface area contributed by atoms with E-state index in [1.165, 1.54) is 17.4 Å². The van der Waals surface area contributed by atoms with Crippen molar-refractivity contribution in [2.75, 3.05) is 24.1 Å². The van der Waals surface area contributed by atoms with Crippen LogP contribution in [0.2, 0.25) is 0 Å². The van der Waals surface area contributed by atoms with Gasteiger partial charge in [0.05, 0.1) is 11.9 Å². The maximum absolute atomic E-state index is 11.7. The number of aryl methyl sites for hydroxylation is 1. The summed E-state index contributed by atoms with van der Waals surface area (Å²) in [6, 6.07) is 6.47. The number of hydrogen-bond acceptors (Lipinski definition) is 3. The Bertz CT molecular complexity index is 622. The van der Waals surface area contributed by atoms with Gasteiger partial charge < -0.3 is 0 Å². The summed E-state index contributed by atoms with van der Waals surface area (Å²) in [6.07, 6.45) is 5.69. The van der Waals surface area contributed by atoms with E-state index < -0.39 is 10.0 Å². The number of sulfonamides is 1. The summed E-state index contributed by atoms with van der Waals surface area (Å²) in [4.78, 5) is 2.59. The Morgan fingerprint density at radius 1 is 1.22 bits per heavy atom. The van der Waals surface area contributed by atoms with Crippen molar-refractivity contribution < 1.29 is 8.42 Å². The van der Waals surface area contributed by atoms with Gasteiger partial charge in [-0.15, -0.1) is 0 Å². The van der Waals surface area contributed by atoms with E-state index >= 15 is 0 Å². The first-order chi connectivity index (χ1) is 10.9. The minimum atomic E-state index is -3.26. The monoisotopic (exact) mass is 338 g/mol. The molecule has 2 unspecified atom stereocenters. The number of rotatable bonds is 7. The summed E-state index contributed by atoms with van der Waals surface area (Å²) in [5.41, 5.74) is 3.23. The number of nitrogens with zero attached hydrogens (tertiary/aromatic N) is 1. The van der Waals surface area contributed by atoms with Crippen molar-refractivity contribution in [3.63, 3.8) is 0 Å². The molecule has 2 atom stereocenters. The first-order valence-electron chi connectivity index (χ1n) is 8.71. The highest BCUT2D eigenvalue weighted by Gasteiger charge is 2.32. The molecule has 23 heavy (non-hydrogen) atoms.